The fraction of sp³-hybridized carbons (Fsp3) is 0.353. The average Bonchev–Trinajstić information content (AvgIpc) is 2.63. The van der Waals surface area contributed by atoms with Crippen molar-refractivity contribution < 1.29 is 9.53 Å². The van der Waals surface area contributed by atoms with E-state index in [-0.39, 0.29) is 5.91 Å². The Hall–Kier alpha value is -2.22. The van der Waals surface area contributed by atoms with Crippen molar-refractivity contribution >= 4 is 29.1 Å². The van der Waals surface area contributed by atoms with Crippen LogP contribution in [-0.4, -0.2) is 60.2 Å². The number of rotatable bonds is 6. The second-order valence-electron chi connectivity index (χ2n) is 5.64. The van der Waals surface area contributed by atoms with E-state index in [2.05, 4.69) is 25.5 Å². The molecular weight excluding hydrogens is 342 g/mol. The molecule has 0 aliphatic carbocycles. The minimum Gasteiger partial charge on any atom is -0.379 e. The third-order valence-electron chi connectivity index (χ3n) is 3.81. The fourth-order valence-electron chi connectivity index (χ4n) is 2.46. The molecule has 0 radical (unpaired) electrons. The summed E-state index contributed by atoms with van der Waals surface area (Å²) in [6.45, 7) is 4.71. The minimum atomic E-state index is -0.178. The smallest absolute Gasteiger partial charge is 0.254 e. The molecule has 1 saturated heterocycles. The molecule has 1 aromatic carbocycles. The number of carbonyl (C=O) groups excluding carboxylic acids is 1. The molecule has 0 bridgehead atoms. The van der Waals surface area contributed by atoms with Crippen LogP contribution >= 0.6 is 11.6 Å². The SMILES string of the molecule is O=C(NCCN1CCOCC1)c1cnc(Nc2cccc(Cl)c2)nc1. The Morgan fingerprint density at radius 1 is 1.24 bits per heavy atom. The van der Waals surface area contributed by atoms with Crippen LogP contribution in [0.4, 0.5) is 11.6 Å². The topological polar surface area (TPSA) is 79.4 Å². The summed E-state index contributed by atoms with van der Waals surface area (Å²) in [7, 11) is 0. The number of halogens is 1. The van der Waals surface area contributed by atoms with Crippen molar-refractivity contribution in [1.29, 1.82) is 0 Å². The van der Waals surface area contributed by atoms with E-state index in [1.54, 1.807) is 12.1 Å². The maximum absolute atomic E-state index is 12.1. The van der Waals surface area contributed by atoms with Gasteiger partial charge in [0, 0.05) is 49.3 Å². The molecule has 0 unspecified atom stereocenters. The molecule has 1 aromatic heterocycles. The number of aromatic nitrogens is 2. The third kappa shape index (κ3) is 5.38. The lowest BCUT2D eigenvalue weighted by atomic mass is 10.3. The first kappa shape index (κ1) is 17.6. The molecule has 2 aromatic rings. The predicted octanol–water partition coefficient (Wildman–Crippen LogP) is 1.94. The standard InChI is InChI=1S/C17H20ClN5O2/c18-14-2-1-3-15(10-14)22-17-20-11-13(12-21-17)16(24)19-4-5-23-6-8-25-9-7-23/h1-3,10-12H,4-9H2,(H,19,24)(H,20,21,22). The van der Waals surface area contributed by atoms with Gasteiger partial charge in [0.2, 0.25) is 5.95 Å². The van der Waals surface area contributed by atoms with Crippen LogP contribution in [0.15, 0.2) is 36.7 Å². The Balaban J connectivity index is 1.48. The van der Waals surface area contributed by atoms with Crippen molar-refractivity contribution in [3.8, 4) is 0 Å². The number of carbonyl (C=O) groups is 1. The lowest BCUT2D eigenvalue weighted by molar-refractivity contribution is 0.0383. The van der Waals surface area contributed by atoms with Crippen molar-refractivity contribution in [2.45, 2.75) is 0 Å². The molecule has 8 heteroatoms. The van der Waals surface area contributed by atoms with Crippen LogP contribution in [0.5, 0.6) is 0 Å². The molecule has 7 nitrogen and oxygen atoms in total. The summed E-state index contributed by atoms with van der Waals surface area (Å²) in [6.07, 6.45) is 3.01. The van der Waals surface area contributed by atoms with Crippen LogP contribution in [0.3, 0.4) is 0 Å². The zero-order valence-electron chi connectivity index (χ0n) is 13.7. The van der Waals surface area contributed by atoms with Crippen LogP contribution in [0.1, 0.15) is 10.4 Å². The van der Waals surface area contributed by atoms with Crippen LogP contribution in [0.2, 0.25) is 5.02 Å². The molecular formula is C17H20ClN5O2. The van der Waals surface area contributed by atoms with Crippen LogP contribution < -0.4 is 10.6 Å². The lowest BCUT2D eigenvalue weighted by Gasteiger charge is -2.26. The number of nitrogens with one attached hydrogen (secondary N) is 2. The van der Waals surface area contributed by atoms with Crippen molar-refractivity contribution in [3.05, 3.63) is 47.2 Å². The van der Waals surface area contributed by atoms with Gasteiger partial charge in [0.15, 0.2) is 0 Å². The van der Waals surface area contributed by atoms with Crippen LogP contribution in [0.25, 0.3) is 0 Å². The van der Waals surface area contributed by atoms with Gasteiger partial charge in [-0.2, -0.15) is 0 Å². The number of hydrogen-bond donors (Lipinski definition) is 2. The van der Waals surface area contributed by atoms with Gasteiger partial charge in [0.05, 0.1) is 18.8 Å². The van der Waals surface area contributed by atoms with Crippen molar-refractivity contribution in [2.24, 2.45) is 0 Å². The van der Waals surface area contributed by atoms with Crippen molar-refractivity contribution in [1.82, 2.24) is 20.2 Å². The van der Waals surface area contributed by atoms with Gasteiger partial charge in [-0.15, -0.1) is 0 Å². The maximum atomic E-state index is 12.1. The molecule has 0 spiro atoms. The molecule has 1 aliphatic rings. The van der Waals surface area contributed by atoms with E-state index in [0.717, 1.165) is 38.5 Å². The van der Waals surface area contributed by atoms with E-state index in [4.69, 9.17) is 16.3 Å². The summed E-state index contributed by atoms with van der Waals surface area (Å²) < 4.78 is 5.30. The van der Waals surface area contributed by atoms with Gasteiger partial charge in [-0.3, -0.25) is 9.69 Å². The second kappa shape index (κ2) is 8.75. The zero-order valence-corrected chi connectivity index (χ0v) is 14.5. The number of morpholine rings is 1. The van der Waals surface area contributed by atoms with E-state index >= 15 is 0 Å². The van der Waals surface area contributed by atoms with Gasteiger partial charge in [-0.25, -0.2) is 9.97 Å². The highest BCUT2D eigenvalue weighted by Crippen LogP contribution is 2.17. The molecule has 1 fully saturated rings. The molecule has 132 valence electrons. The summed E-state index contributed by atoms with van der Waals surface area (Å²) >= 11 is 5.94. The second-order valence-corrected chi connectivity index (χ2v) is 6.08. The Bertz CT molecular complexity index is 704. The number of amides is 1. The highest BCUT2D eigenvalue weighted by molar-refractivity contribution is 6.30. The van der Waals surface area contributed by atoms with E-state index in [0.29, 0.717) is 23.1 Å². The van der Waals surface area contributed by atoms with E-state index in [9.17, 15) is 4.79 Å². The van der Waals surface area contributed by atoms with E-state index in [1.807, 2.05) is 12.1 Å². The molecule has 1 amide bonds. The van der Waals surface area contributed by atoms with E-state index < -0.39 is 0 Å². The van der Waals surface area contributed by atoms with Crippen LogP contribution in [0, 0.1) is 0 Å². The Kier molecular flexibility index (Phi) is 6.16. The minimum absolute atomic E-state index is 0.178. The summed E-state index contributed by atoms with van der Waals surface area (Å²) in [5, 5.41) is 6.55. The number of hydrogen-bond acceptors (Lipinski definition) is 6. The van der Waals surface area contributed by atoms with Crippen molar-refractivity contribution in [3.63, 3.8) is 0 Å². The van der Waals surface area contributed by atoms with Crippen molar-refractivity contribution in [2.75, 3.05) is 44.7 Å². The third-order valence-corrected chi connectivity index (χ3v) is 4.05. The number of anilines is 2. The first-order valence-electron chi connectivity index (χ1n) is 8.14. The van der Waals surface area contributed by atoms with Crippen LogP contribution in [-0.2, 0) is 4.74 Å². The largest absolute Gasteiger partial charge is 0.379 e. The molecule has 2 heterocycles. The highest BCUT2D eigenvalue weighted by atomic mass is 35.5. The monoisotopic (exact) mass is 361 g/mol. The summed E-state index contributed by atoms with van der Waals surface area (Å²) in [5.74, 6) is 0.231. The van der Waals surface area contributed by atoms with Gasteiger partial charge < -0.3 is 15.4 Å². The molecule has 3 rings (SSSR count). The van der Waals surface area contributed by atoms with Gasteiger partial charge in [0.25, 0.3) is 5.91 Å². The maximum Gasteiger partial charge on any atom is 0.254 e. The number of nitrogens with zero attached hydrogens (tertiary/aromatic N) is 3. The predicted molar refractivity (Wildman–Crippen MR) is 96.4 cm³/mol. The molecule has 0 saturated carbocycles. The summed E-state index contributed by atoms with van der Waals surface area (Å²) in [5.41, 5.74) is 1.22. The summed E-state index contributed by atoms with van der Waals surface area (Å²) in [6, 6.07) is 7.26. The normalized spacial score (nSPS) is 14.9. The van der Waals surface area contributed by atoms with Gasteiger partial charge in [-0.05, 0) is 18.2 Å². The summed E-state index contributed by atoms with van der Waals surface area (Å²) in [4.78, 5) is 22.7. The van der Waals surface area contributed by atoms with Gasteiger partial charge >= 0.3 is 0 Å². The number of benzene rings is 1. The Morgan fingerprint density at radius 3 is 2.72 bits per heavy atom. The van der Waals surface area contributed by atoms with E-state index in [1.165, 1.54) is 12.4 Å². The molecule has 2 N–H and O–H groups in total. The Labute approximate surface area is 151 Å². The Morgan fingerprint density at radius 2 is 2.00 bits per heavy atom. The lowest BCUT2D eigenvalue weighted by Crippen LogP contribution is -2.41. The van der Waals surface area contributed by atoms with Gasteiger partial charge in [-0.1, -0.05) is 17.7 Å². The first-order chi connectivity index (χ1) is 12.2. The molecule has 1 aliphatic heterocycles. The molecule has 25 heavy (non-hydrogen) atoms. The molecule has 0 atom stereocenters. The highest BCUT2D eigenvalue weighted by Gasteiger charge is 2.11. The fourth-order valence-corrected chi connectivity index (χ4v) is 2.65. The average molecular weight is 362 g/mol. The van der Waals surface area contributed by atoms with Gasteiger partial charge in [0.1, 0.15) is 0 Å². The number of ether oxygens (including phenoxy) is 1. The zero-order chi connectivity index (χ0) is 17.5. The first-order valence-corrected chi connectivity index (χ1v) is 8.51. The quantitative estimate of drug-likeness (QED) is 0.818.